The number of rotatable bonds is 7. The molecule has 1 saturated heterocycles. The van der Waals surface area contributed by atoms with E-state index in [9.17, 15) is 31.2 Å². The molecule has 0 spiro atoms. The van der Waals surface area contributed by atoms with E-state index in [2.05, 4.69) is 29.0 Å². The Kier molecular flexibility index (Phi) is 13.0. The summed E-state index contributed by atoms with van der Waals surface area (Å²) >= 11 is 7.82. The fourth-order valence-electron chi connectivity index (χ4n) is 7.95. The van der Waals surface area contributed by atoms with Crippen molar-refractivity contribution in [2.24, 2.45) is 15.7 Å². The Balaban J connectivity index is 0.000000192. The highest BCUT2D eigenvalue weighted by Gasteiger charge is 2.34. The summed E-state index contributed by atoms with van der Waals surface area (Å²) in [5, 5.41) is 10.4. The first-order valence-corrected chi connectivity index (χ1v) is 23.8. The van der Waals surface area contributed by atoms with Gasteiger partial charge in [0.05, 0.1) is 35.2 Å². The van der Waals surface area contributed by atoms with Gasteiger partial charge in [0.1, 0.15) is 38.1 Å². The van der Waals surface area contributed by atoms with E-state index in [1.807, 2.05) is 56.5 Å². The number of fused-ring (bicyclic) bond motifs is 4. The van der Waals surface area contributed by atoms with Gasteiger partial charge >= 0.3 is 12.1 Å². The largest absolute Gasteiger partial charge is 0.460 e. The summed E-state index contributed by atoms with van der Waals surface area (Å²) in [5.41, 5.74) is 11.1. The number of alkyl halides is 3. The van der Waals surface area contributed by atoms with Gasteiger partial charge < -0.3 is 15.0 Å². The first-order chi connectivity index (χ1) is 30.0. The summed E-state index contributed by atoms with van der Waals surface area (Å²) < 4.78 is 72.2. The number of ether oxygens (including phenoxy) is 1. The summed E-state index contributed by atoms with van der Waals surface area (Å²) in [5.74, 6) is 1.45. The zero-order valence-electron chi connectivity index (χ0n) is 36.5. The number of nitrogens with two attached hydrogens (primary N) is 1. The SMILES string of the molecule is CCn1cc(-c2cccc(C(F)(F)F)c2)c2c(c1=O)C=C(C(N)=NC1CCS(=O)(=O)CC1)C2.Cc1sc2c(c1C)C(c1ccc(Cl)cc1)=N[C@@H](CC(=O)OC(C)(C)C)c1nnc(C)n1-2. The lowest BCUT2D eigenvalue weighted by atomic mass is 9.96. The van der Waals surface area contributed by atoms with Crippen molar-refractivity contribution < 1.29 is 31.1 Å². The number of benzene rings is 2. The summed E-state index contributed by atoms with van der Waals surface area (Å²) in [6.45, 7) is 13.8. The molecule has 1 fully saturated rings. The van der Waals surface area contributed by atoms with Crippen LogP contribution in [0.1, 0.15) is 103 Å². The van der Waals surface area contributed by atoms with E-state index in [0.29, 0.717) is 58.1 Å². The highest BCUT2D eigenvalue weighted by atomic mass is 35.5. The molecule has 64 heavy (non-hydrogen) atoms. The molecule has 12 nitrogen and oxygen atoms in total. The van der Waals surface area contributed by atoms with Crippen molar-refractivity contribution in [3.8, 4) is 16.1 Å². The molecule has 2 aromatic carbocycles. The first kappa shape index (κ1) is 46.6. The van der Waals surface area contributed by atoms with Crippen molar-refractivity contribution in [2.75, 3.05) is 11.5 Å². The van der Waals surface area contributed by atoms with Gasteiger partial charge in [-0.1, -0.05) is 35.9 Å². The topological polar surface area (TPSA) is 164 Å². The number of hydrogen-bond acceptors (Lipinski definition) is 10. The van der Waals surface area contributed by atoms with E-state index in [1.54, 1.807) is 36.6 Å². The van der Waals surface area contributed by atoms with Crippen LogP contribution in [0.5, 0.6) is 0 Å². The molecule has 0 amide bonds. The summed E-state index contributed by atoms with van der Waals surface area (Å²) in [6.07, 6.45) is -0.109. The van der Waals surface area contributed by atoms with Crippen LogP contribution in [-0.4, -0.2) is 68.4 Å². The second-order valence-corrected chi connectivity index (χ2v) is 21.0. The molecule has 18 heteroatoms. The average Bonchev–Trinajstić information content (AvgIpc) is 3.90. The van der Waals surface area contributed by atoms with Crippen molar-refractivity contribution in [1.29, 1.82) is 0 Å². The molecule has 1 atom stereocenters. The number of amidine groups is 1. The number of esters is 1. The minimum atomic E-state index is -4.48. The van der Waals surface area contributed by atoms with Crippen LogP contribution < -0.4 is 11.3 Å². The number of aromatic nitrogens is 4. The third-order valence-corrected chi connectivity index (χ3v) is 14.4. The number of nitrogens with zero attached hydrogens (tertiary/aromatic N) is 6. The molecule has 8 rings (SSSR count). The number of aliphatic imine (C=N–C) groups is 2. The fraction of sp³-hybridized carbons (Fsp3) is 0.391. The van der Waals surface area contributed by atoms with Gasteiger partial charge in [0.15, 0.2) is 5.82 Å². The van der Waals surface area contributed by atoms with Gasteiger partial charge in [-0.2, -0.15) is 13.2 Å². The zero-order valence-corrected chi connectivity index (χ0v) is 38.9. The van der Waals surface area contributed by atoms with Gasteiger partial charge in [-0.15, -0.1) is 21.5 Å². The lowest BCUT2D eigenvalue weighted by Crippen LogP contribution is -2.28. The van der Waals surface area contributed by atoms with Crippen molar-refractivity contribution in [3.63, 3.8) is 0 Å². The Labute approximate surface area is 378 Å². The molecule has 0 saturated carbocycles. The molecule has 0 unspecified atom stereocenters. The van der Waals surface area contributed by atoms with Crippen LogP contribution in [0.3, 0.4) is 0 Å². The van der Waals surface area contributed by atoms with Crippen molar-refractivity contribution in [1.82, 2.24) is 19.3 Å². The number of aryl methyl sites for hydroxylation is 3. The van der Waals surface area contributed by atoms with Gasteiger partial charge in [0.25, 0.3) is 5.56 Å². The second kappa shape index (κ2) is 17.9. The normalized spacial score (nSPS) is 17.3. The smallest absolute Gasteiger partial charge is 0.416 e. The van der Waals surface area contributed by atoms with Crippen LogP contribution in [0.25, 0.3) is 22.2 Å². The predicted octanol–water partition coefficient (Wildman–Crippen LogP) is 8.96. The van der Waals surface area contributed by atoms with Crippen LogP contribution in [0, 0.1) is 20.8 Å². The molecule has 2 aliphatic heterocycles. The molecular weight excluding hydrogens is 887 g/mol. The Bertz CT molecular complexity index is 2890. The van der Waals surface area contributed by atoms with Crippen molar-refractivity contribution >= 4 is 56.4 Å². The number of pyridine rings is 1. The molecule has 3 aliphatic rings. The van der Waals surface area contributed by atoms with E-state index in [4.69, 9.17) is 27.1 Å². The number of halogens is 4. The Morgan fingerprint density at radius 3 is 2.36 bits per heavy atom. The lowest BCUT2D eigenvalue weighted by molar-refractivity contribution is -0.155. The van der Waals surface area contributed by atoms with Gasteiger partial charge in [-0.3, -0.25) is 24.1 Å². The lowest BCUT2D eigenvalue weighted by Gasteiger charge is -2.21. The van der Waals surface area contributed by atoms with Gasteiger partial charge in [0, 0.05) is 51.3 Å². The molecule has 0 radical (unpaired) electrons. The van der Waals surface area contributed by atoms with Crippen molar-refractivity contribution in [2.45, 2.75) is 105 Å². The van der Waals surface area contributed by atoms with E-state index in [0.717, 1.165) is 45.4 Å². The summed E-state index contributed by atoms with van der Waals surface area (Å²) in [4.78, 5) is 36.4. The summed E-state index contributed by atoms with van der Waals surface area (Å²) in [6, 6.07) is 11.9. The Morgan fingerprint density at radius 2 is 1.72 bits per heavy atom. The molecule has 2 N–H and O–H groups in total. The molecule has 5 heterocycles. The maximum Gasteiger partial charge on any atom is 0.416 e. The molecule has 1 aliphatic carbocycles. The van der Waals surface area contributed by atoms with Gasteiger partial charge in [0.2, 0.25) is 0 Å². The number of sulfone groups is 1. The quantitative estimate of drug-likeness (QED) is 0.0961. The number of hydrogen-bond donors (Lipinski definition) is 1. The van der Waals surface area contributed by atoms with Crippen LogP contribution in [0.15, 0.2) is 75.1 Å². The van der Waals surface area contributed by atoms with E-state index >= 15 is 0 Å². The van der Waals surface area contributed by atoms with E-state index < -0.39 is 33.2 Å². The standard InChI is InChI=1S/C23H25ClN4O2S.C23H24F3N3O3S/c1-12-13(2)31-22-19(12)20(15-7-9-16(24)10-8-15)25-17(11-18(29)30-23(4,5)6)21-27-26-14(3)28(21)22;1-2-29-13-20(14-4-3-5-16(10-14)23(24,25)26)18-11-15(12-19(18)22(29)30)21(27)28-17-6-8-33(31,32)9-7-17/h7-10,17H,11H2,1-6H3;3-5,10,12-13,17H,2,6-9,11H2,1H3,(H2,27,28)/t17-;/m0./s1. The Morgan fingerprint density at radius 1 is 1.03 bits per heavy atom. The van der Waals surface area contributed by atoms with E-state index in [1.165, 1.54) is 15.5 Å². The molecule has 338 valence electrons. The molecule has 3 aromatic heterocycles. The number of thiophene rings is 1. The highest BCUT2D eigenvalue weighted by molar-refractivity contribution is 7.91. The van der Waals surface area contributed by atoms with Gasteiger partial charge in [-0.25, -0.2) is 8.42 Å². The fourth-order valence-corrected chi connectivity index (χ4v) is 10.8. The monoisotopic (exact) mass is 935 g/mol. The van der Waals surface area contributed by atoms with Crippen molar-refractivity contribution in [3.05, 3.63) is 126 Å². The van der Waals surface area contributed by atoms with Crippen LogP contribution in [0.2, 0.25) is 5.02 Å². The minimum Gasteiger partial charge on any atom is -0.460 e. The maximum absolute atomic E-state index is 13.3. The van der Waals surface area contributed by atoms with E-state index in [-0.39, 0.29) is 47.8 Å². The number of carbonyl (C=O) groups excluding carboxylic acids is 1. The first-order valence-electron chi connectivity index (χ1n) is 20.8. The minimum absolute atomic E-state index is 0.0641. The van der Waals surface area contributed by atoms with Gasteiger partial charge in [-0.05, 0) is 114 Å². The maximum atomic E-state index is 13.3. The predicted molar refractivity (Wildman–Crippen MR) is 246 cm³/mol. The zero-order chi connectivity index (χ0) is 46.5. The molecular formula is C46H49ClF3N7O5S2. The molecule has 5 aromatic rings. The third-order valence-electron chi connectivity index (χ3n) is 11.3. The number of carbonyl (C=O) groups is 1. The third kappa shape index (κ3) is 9.96. The summed E-state index contributed by atoms with van der Waals surface area (Å²) in [7, 11) is -3.03. The second-order valence-electron chi connectivity index (χ2n) is 17.0. The highest BCUT2D eigenvalue weighted by Crippen LogP contribution is 2.40. The van der Waals surface area contributed by atoms with Crippen LogP contribution in [0.4, 0.5) is 13.2 Å². The van der Waals surface area contributed by atoms with Crippen LogP contribution in [-0.2, 0) is 38.5 Å². The molecule has 0 bridgehead atoms. The van der Waals surface area contributed by atoms with Crippen LogP contribution >= 0.6 is 22.9 Å². The average molecular weight is 937 g/mol. The Hall–Kier alpha value is -5.39.